The van der Waals surface area contributed by atoms with E-state index in [0.29, 0.717) is 5.56 Å². The lowest BCUT2D eigenvalue weighted by molar-refractivity contribution is 0.0939. The third-order valence-electron chi connectivity index (χ3n) is 2.92. The van der Waals surface area contributed by atoms with Crippen molar-refractivity contribution in [2.45, 2.75) is 33.2 Å². The highest BCUT2D eigenvalue weighted by Gasteiger charge is 2.10. The first kappa shape index (κ1) is 15.9. The number of anilines is 1. The predicted molar refractivity (Wildman–Crippen MR) is 83.5 cm³/mol. The van der Waals surface area contributed by atoms with Gasteiger partial charge in [0.15, 0.2) is 0 Å². The van der Waals surface area contributed by atoms with Gasteiger partial charge < -0.3 is 10.7 Å². The third-order valence-corrected chi connectivity index (χ3v) is 3.85. The number of hydrogen-bond acceptors (Lipinski definition) is 4. The highest BCUT2D eigenvalue weighted by Crippen LogP contribution is 2.15. The lowest BCUT2D eigenvalue weighted by Crippen LogP contribution is -2.33. The highest BCUT2D eigenvalue weighted by atomic mass is 32.2. The molecule has 106 valence electrons. The topological polar surface area (TPSA) is 67.2 Å². The number of thioether (sulfide) groups is 1. The number of nitrogens with one attached hydrogen (secondary N) is 2. The fraction of sp³-hybridized carbons (Fsp3) is 0.500. The molecule has 4 nitrogen and oxygen atoms in total. The number of benzene rings is 1. The van der Waals surface area contributed by atoms with Gasteiger partial charge in [-0.05, 0) is 55.5 Å². The molecular weight excluding hydrogens is 258 g/mol. The van der Waals surface area contributed by atoms with Crippen molar-refractivity contribution in [1.29, 1.82) is 0 Å². The minimum atomic E-state index is -0.0272. The lowest BCUT2D eigenvalue weighted by atomic mass is 10.1. The zero-order valence-electron chi connectivity index (χ0n) is 11.8. The zero-order chi connectivity index (χ0) is 14.3. The maximum absolute atomic E-state index is 12.1. The molecule has 0 bridgehead atoms. The van der Waals surface area contributed by atoms with Crippen LogP contribution in [0.2, 0.25) is 0 Å². The fourth-order valence-electron chi connectivity index (χ4n) is 1.75. The van der Waals surface area contributed by atoms with Gasteiger partial charge in [-0.15, -0.1) is 0 Å². The Bertz CT molecular complexity index is 423. The minimum absolute atomic E-state index is 0.0272. The molecule has 0 aliphatic heterocycles. The molecule has 1 rings (SSSR count). The standard InChI is InChI=1S/C14H23N3OS/c1-4-19-8-7-11(3)16-14(18)12-5-6-13(17-15)10(2)9-12/h5-6,9,11,17H,4,7-8,15H2,1-3H3,(H,16,18). The summed E-state index contributed by atoms with van der Waals surface area (Å²) >= 11 is 1.89. The molecule has 0 radical (unpaired) electrons. The molecule has 0 aliphatic rings. The van der Waals surface area contributed by atoms with E-state index in [1.54, 1.807) is 6.07 Å². The first-order valence-corrected chi connectivity index (χ1v) is 7.69. The lowest BCUT2D eigenvalue weighted by Gasteiger charge is -2.14. The molecule has 19 heavy (non-hydrogen) atoms. The van der Waals surface area contributed by atoms with E-state index in [-0.39, 0.29) is 11.9 Å². The smallest absolute Gasteiger partial charge is 0.251 e. The van der Waals surface area contributed by atoms with Gasteiger partial charge in [0.2, 0.25) is 0 Å². The molecule has 0 aromatic heterocycles. The quantitative estimate of drug-likeness (QED) is 0.408. The van der Waals surface area contributed by atoms with Crippen molar-refractivity contribution in [1.82, 2.24) is 5.32 Å². The molecule has 5 heteroatoms. The third kappa shape index (κ3) is 5.12. The van der Waals surface area contributed by atoms with Crippen molar-refractivity contribution in [2.24, 2.45) is 5.84 Å². The molecule has 0 fully saturated rings. The summed E-state index contributed by atoms with van der Waals surface area (Å²) in [7, 11) is 0. The van der Waals surface area contributed by atoms with E-state index in [4.69, 9.17) is 5.84 Å². The molecule has 1 aromatic carbocycles. The van der Waals surface area contributed by atoms with Crippen molar-refractivity contribution in [3.8, 4) is 0 Å². The van der Waals surface area contributed by atoms with E-state index in [1.807, 2.05) is 37.7 Å². The normalized spacial score (nSPS) is 12.0. The molecule has 1 aromatic rings. The Morgan fingerprint density at radius 3 is 2.79 bits per heavy atom. The summed E-state index contributed by atoms with van der Waals surface area (Å²) in [6, 6.07) is 5.64. The number of nitrogens with two attached hydrogens (primary N) is 1. The summed E-state index contributed by atoms with van der Waals surface area (Å²) in [4.78, 5) is 12.1. The number of carbonyl (C=O) groups is 1. The van der Waals surface area contributed by atoms with Gasteiger partial charge >= 0.3 is 0 Å². The Hall–Kier alpha value is -1.20. The number of aryl methyl sites for hydroxylation is 1. The van der Waals surface area contributed by atoms with Gasteiger partial charge in [0.25, 0.3) is 5.91 Å². The fourth-order valence-corrected chi connectivity index (χ4v) is 2.56. The molecule has 0 saturated carbocycles. The first-order chi connectivity index (χ1) is 9.08. The number of hydrazine groups is 1. The van der Waals surface area contributed by atoms with Gasteiger partial charge in [0.1, 0.15) is 0 Å². The second-order valence-electron chi connectivity index (χ2n) is 4.53. The summed E-state index contributed by atoms with van der Waals surface area (Å²) in [5.41, 5.74) is 5.07. The van der Waals surface area contributed by atoms with E-state index < -0.39 is 0 Å². The van der Waals surface area contributed by atoms with Crippen LogP contribution in [-0.4, -0.2) is 23.5 Å². The van der Waals surface area contributed by atoms with Crippen LogP contribution < -0.4 is 16.6 Å². The van der Waals surface area contributed by atoms with E-state index in [9.17, 15) is 4.79 Å². The summed E-state index contributed by atoms with van der Waals surface area (Å²) in [5, 5.41) is 3.02. The first-order valence-electron chi connectivity index (χ1n) is 6.54. The molecular formula is C14H23N3OS. The van der Waals surface area contributed by atoms with Crippen LogP contribution in [0.5, 0.6) is 0 Å². The Balaban J connectivity index is 2.55. The SMILES string of the molecule is CCSCCC(C)NC(=O)c1ccc(NN)c(C)c1. The van der Waals surface area contributed by atoms with E-state index in [2.05, 4.69) is 17.7 Å². The Kier molecular flexibility index (Phi) is 6.73. The largest absolute Gasteiger partial charge is 0.350 e. The summed E-state index contributed by atoms with van der Waals surface area (Å²) < 4.78 is 0. The molecule has 4 N–H and O–H groups in total. The second kappa shape index (κ2) is 8.07. The molecule has 0 saturated heterocycles. The van der Waals surface area contributed by atoms with Gasteiger partial charge in [-0.1, -0.05) is 6.92 Å². The number of amides is 1. The molecule has 0 aliphatic carbocycles. The maximum atomic E-state index is 12.1. The molecule has 0 heterocycles. The van der Waals surface area contributed by atoms with Crippen molar-refractivity contribution in [3.63, 3.8) is 0 Å². The minimum Gasteiger partial charge on any atom is -0.350 e. The average Bonchev–Trinajstić information content (AvgIpc) is 2.38. The maximum Gasteiger partial charge on any atom is 0.251 e. The van der Waals surface area contributed by atoms with E-state index >= 15 is 0 Å². The molecule has 1 amide bonds. The summed E-state index contributed by atoms with van der Waals surface area (Å²) in [6.45, 7) is 6.10. The number of nitrogen functional groups attached to an aromatic ring is 1. The summed E-state index contributed by atoms with van der Waals surface area (Å²) in [6.07, 6.45) is 0.992. The van der Waals surface area contributed by atoms with Crippen molar-refractivity contribution in [3.05, 3.63) is 29.3 Å². The van der Waals surface area contributed by atoms with Crippen LogP contribution >= 0.6 is 11.8 Å². The van der Waals surface area contributed by atoms with Crippen molar-refractivity contribution < 1.29 is 4.79 Å². The van der Waals surface area contributed by atoms with Crippen LogP contribution in [0.15, 0.2) is 18.2 Å². The van der Waals surface area contributed by atoms with E-state index in [0.717, 1.165) is 29.2 Å². The van der Waals surface area contributed by atoms with Gasteiger partial charge in [0, 0.05) is 11.6 Å². The van der Waals surface area contributed by atoms with Gasteiger partial charge in [0.05, 0.1) is 5.69 Å². The van der Waals surface area contributed by atoms with Crippen LogP contribution in [0, 0.1) is 6.92 Å². The van der Waals surface area contributed by atoms with E-state index in [1.165, 1.54) is 0 Å². The van der Waals surface area contributed by atoms with Crippen LogP contribution in [-0.2, 0) is 0 Å². The van der Waals surface area contributed by atoms with Crippen LogP contribution in [0.1, 0.15) is 36.2 Å². The Labute approximate surface area is 119 Å². The highest BCUT2D eigenvalue weighted by molar-refractivity contribution is 7.99. The van der Waals surface area contributed by atoms with Gasteiger partial charge in [-0.25, -0.2) is 0 Å². The van der Waals surface area contributed by atoms with Crippen LogP contribution in [0.25, 0.3) is 0 Å². The second-order valence-corrected chi connectivity index (χ2v) is 5.93. The van der Waals surface area contributed by atoms with Crippen molar-refractivity contribution in [2.75, 3.05) is 16.9 Å². The number of rotatable bonds is 7. The number of carbonyl (C=O) groups excluding carboxylic acids is 1. The van der Waals surface area contributed by atoms with Gasteiger partial charge in [-0.3, -0.25) is 10.6 Å². The Morgan fingerprint density at radius 2 is 2.21 bits per heavy atom. The average molecular weight is 281 g/mol. The summed E-state index contributed by atoms with van der Waals surface area (Å²) in [5.74, 6) is 7.54. The van der Waals surface area contributed by atoms with Crippen molar-refractivity contribution >= 4 is 23.4 Å². The molecule has 1 unspecified atom stereocenters. The monoisotopic (exact) mass is 281 g/mol. The van der Waals surface area contributed by atoms with Crippen LogP contribution in [0.3, 0.4) is 0 Å². The predicted octanol–water partition coefficient (Wildman–Crippen LogP) is 2.54. The number of hydrogen-bond donors (Lipinski definition) is 3. The Morgan fingerprint density at radius 1 is 1.47 bits per heavy atom. The molecule has 1 atom stereocenters. The zero-order valence-corrected chi connectivity index (χ0v) is 12.6. The van der Waals surface area contributed by atoms with Crippen LogP contribution in [0.4, 0.5) is 5.69 Å². The molecule has 0 spiro atoms. The van der Waals surface area contributed by atoms with Gasteiger partial charge in [-0.2, -0.15) is 11.8 Å².